The molecule has 4 heteroatoms. The first-order valence-electron chi connectivity index (χ1n) is 6.90. The van der Waals surface area contributed by atoms with Crippen molar-refractivity contribution < 1.29 is 10.0 Å². The first kappa shape index (κ1) is 13.7. The Morgan fingerprint density at radius 1 is 0.810 bits per heavy atom. The van der Waals surface area contributed by atoms with Crippen molar-refractivity contribution in [3.63, 3.8) is 0 Å². The standard InChI is InChI=1S/C17H16BNO2/c20-18(21)15-10-8-13(9-11-15)12-19-17-7-3-5-14-4-1-2-6-16(14)17/h1-11,19-21H,12H2. The molecule has 0 fully saturated rings. The lowest BCUT2D eigenvalue weighted by Crippen LogP contribution is -2.29. The van der Waals surface area contributed by atoms with Crippen LogP contribution < -0.4 is 10.8 Å². The summed E-state index contributed by atoms with van der Waals surface area (Å²) in [6.07, 6.45) is 0. The van der Waals surface area contributed by atoms with Gasteiger partial charge in [-0.3, -0.25) is 0 Å². The van der Waals surface area contributed by atoms with Crippen LogP contribution in [0.4, 0.5) is 5.69 Å². The monoisotopic (exact) mass is 277 g/mol. The third kappa shape index (κ3) is 3.07. The molecule has 3 N–H and O–H groups in total. The van der Waals surface area contributed by atoms with Crippen molar-refractivity contribution in [2.24, 2.45) is 0 Å². The van der Waals surface area contributed by atoms with Crippen LogP contribution in [0, 0.1) is 0 Å². The molecule has 0 unspecified atom stereocenters. The van der Waals surface area contributed by atoms with Crippen LogP contribution in [-0.4, -0.2) is 17.2 Å². The van der Waals surface area contributed by atoms with E-state index in [1.165, 1.54) is 10.8 Å². The van der Waals surface area contributed by atoms with E-state index in [9.17, 15) is 0 Å². The Bertz CT molecular complexity index is 736. The maximum absolute atomic E-state index is 9.08. The highest BCUT2D eigenvalue weighted by Gasteiger charge is 2.09. The molecule has 0 radical (unpaired) electrons. The van der Waals surface area contributed by atoms with Crippen LogP contribution in [0.5, 0.6) is 0 Å². The zero-order valence-electron chi connectivity index (χ0n) is 11.5. The van der Waals surface area contributed by atoms with E-state index >= 15 is 0 Å². The van der Waals surface area contributed by atoms with Gasteiger partial charge < -0.3 is 15.4 Å². The zero-order valence-corrected chi connectivity index (χ0v) is 11.5. The number of benzene rings is 3. The van der Waals surface area contributed by atoms with Gasteiger partial charge in [0.2, 0.25) is 0 Å². The summed E-state index contributed by atoms with van der Waals surface area (Å²) in [5.74, 6) is 0. The molecule has 0 aliphatic carbocycles. The summed E-state index contributed by atoms with van der Waals surface area (Å²) in [6, 6.07) is 21.7. The van der Waals surface area contributed by atoms with E-state index < -0.39 is 7.12 Å². The fourth-order valence-corrected chi connectivity index (χ4v) is 2.38. The van der Waals surface area contributed by atoms with Crippen LogP contribution >= 0.6 is 0 Å². The highest BCUT2D eigenvalue weighted by Crippen LogP contribution is 2.23. The van der Waals surface area contributed by atoms with Crippen LogP contribution in [0.15, 0.2) is 66.7 Å². The van der Waals surface area contributed by atoms with Crippen molar-refractivity contribution in [3.05, 3.63) is 72.3 Å². The predicted molar refractivity (Wildman–Crippen MR) is 87.5 cm³/mol. The van der Waals surface area contributed by atoms with Crippen LogP contribution in [0.2, 0.25) is 0 Å². The Labute approximate surface area is 124 Å². The minimum atomic E-state index is -1.41. The number of fused-ring (bicyclic) bond motifs is 1. The van der Waals surface area contributed by atoms with Gasteiger partial charge in [0.15, 0.2) is 0 Å². The largest absolute Gasteiger partial charge is 0.488 e. The van der Waals surface area contributed by atoms with Crippen LogP contribution in [-0.2, 0) is 6.54 Å². The van der Waals surface area contributed by atoms with Gasteiger partial charge in [-0.2, -0.15) is 0 Å². The molecule has 21 heavy (non-hydrogen) atoms. The molecule has 3 rings (SSSR count). The Hall–Kier alpha value is -2.30. The van der Waals surface area contributed by atoms with E-state index in [0.717, 1.165) is 11.3 Å². The maximum Gasteiger partial charge on any atom is 0.488 e. The second-order valence-electron chi connectivity index (χ2n) is 5.00. The maximum atomic E-state index is 9.08. The van der Waals surface area contributed by atoms with Gasteiger partial charge in [-0.1, -0.05) is 60.7 Å². The van der Waals surface area contributed by atoms with Gasteiger partial charge in [-0.15, -0.1) is 0 Å². The van der Waals surface area contributed by atoms with E-state index in [1.807, 2.05) is 30.3 Å². The quantitative estimate of drug-likeness (QED) is 0.640. The average Bonchev–Trinajstić information content (AvgIpc) is 2.53. The summed E-state index contributed by atoms with van der Waals surface area (Å²) in [7, 11) is -1.41. The molecule has 3 aromatic rings. The molecule has 0 saturated heterocycles. The summed E-state index contributed by atoms with van der Waals surface area (Å²) in [6.45, 7) is 0.690. The highest BCUT2D eigenvalue weighted by molar-refractivity contribution is 6.58. The molecule has 0 aliphatic heterocycles. The van der Waals surface area contributed by atoms with Crippen molar-refractivity contribution in [2.75, 3.05) is 5.32 Å². The third-order valence-corrected chi connectivity index (χ3v) is 3.55. The summed E-state index contributed by atoms with van der Waals surface area (Å²) in [5.41, 5.74) is 2.69. The minimum Gasteiger partial charge on any atom is -0.423 e. The topological polar surface area (TPSA) is 52.5 Å². The molecule has 104 valence electrons. The van der Waals surface area contributed by atoms with Gasteiger partial charge in [-0.05, 0) is 22.5 Å². The van der Waals surface area contributed by atoms with E-state index in [-0.39, 0.29) is 0 Å². The van der Waals surface area contributed by atoms with Crippen molar-refractivity contribution in [2.45, 2.75) is 6.54 Å². The minimum absolute atomic E-state index is 0.504. The van der Waals surface area contributed by atoms with E-state index in [0.29, 0.717) is 12.0 Å². The molecule has 0 heterocycles. The molecule has 0 bridgehead atoms. The average molecular weight is 277 g/mol. The number of anilines is 1. The molecule has 0 amide bonds. The summed E-state index contributed by atoms with van der Waals surface area (Å²) in [5, 5.41) is 24.0. The van der Waals surface area contributed by atoms with E-state index in [1.54, 1.807) is 12.1 Å². The summed E-state index contributed by atoms with van der Waals surface area (Å²) >= 11 is 0. The fourth-order valence-electron chi connectivity index (χ4n) is 2.38. The van der Waals surface area contributed by atoms with Crippen LogP contribution in [0.1, 0.15) is 5.56 Å². The highest BCUT2D eigenvalue weighted by atomic mass is 16.4. The molecular formula is C17H16BNO2. The predicted octanol–water partition coefficient (Wildman–Crippen LogP) is 2.13. The van der Waals surface area contributed by atoms with Crippen molar-refractivity contribution in [1.82, 2.24) is 0 Å². The lowest BCUT2D eigenvalue weighted by molar-refractivity contribution is 0.426. The van der Waals surface area contributed by atoms with E-state index in [4.69, 9.17) is 10.0 Å². The van der Waals surface area contributed by atoms with Crippen molar-refractivity contribution in [1.29, 1.82) is 0 Å². The lowest BCUT2D eigenvalue weighted by Gasteiger charge is -2.10. The molecule has 0 aliphatic rings. The molecule has 0 atom stereocenters. The molecule has 0 spiro atoms. The first-order valence-corrected chi connectivity index (χ1v) is 6.90. The molecule has 3 aromatic carbocycles. The molecule has 0 aromatic heterocycles. The Morgan fingerprint density at radius 2 is 1.52 bits per heavy atom. The number of nitrogens with one attached hydrogen (secondary N) is 1. The first-order chi connectivity index (χ1) is 10.2. The second kappa shape index (κ2) is 6.00. The van der Waals surface area contributed by atoms with Gasteiger partial charge in [0.05, 0.1) is 0 Å². The molecule has 3 nitrogen and oxygen atoms in total. The molecule has 0 saturated carbocycles. The smallest absolute Gasteiger partial charge is 0.423 e. The van der Waals surface area contributed by atoms with E-state index in [2.05, 4.69) is 29.6 Å². The van der Waals surface area contributed by atoms with Gasteiger partial charge in [0, 0.05) is 17.6 Å². The SMILES string of the molecule is OB(O)c1ccc(CNc2cccc3ccccc23)cc1. The third-order valence-electron chi connectivity index (χ3n) is 3.55. The number of hydrogen-bond acceptors (Lipinski definition) is 3. The van der Waals surface area contributed by atoms with Crippen molar-refractivity contribution in [3.8, 4) is 0 Å². The zero-order chi connectivity index (χ0) is 14.7. The second-order valence-corrected chi connectivity index (χ2v) is 5.00. The van der Waals surface area contributed by atoms with Gasteiger partial charge in [0.25, 0.3) is 0 Å². The van der Waals surface area contributed by atoms with Crippen LogP contribution in [0.3, 0.4) is 0 Å². The Kier molecular flexibility index (Phi) is 3.91. The van der Waals surface area contributed by atoms with Gasteiger partial charge >= 0.3 is 7.12 Å². The van der Waals surface area contributed by atoms with Crippen LogP contribution in [0.25, 0.3) is 10.8 Å². The van der Waals surface area contributed by atoms with Gasteiger partial charge in [-0.25, -0.2) is 0 Å². The Balaban J connectivity index is 1.77. The lowest BCUT2D eigenvalue weighted by atomic mass is 9.80. The number of rotatable bonds is 4. The number of hydrogen-bond donors (Lipinski definition) is 3. The Morgan fingerprint density at radius 3 is 2.29 bits per heavy atom. The van der Waals surface area contributed by atoms with Gasteiger partial charge in [0.1, 0.15) is 0 Å². The van der Waals surface area contributed by atoms with Crippen molar-refractivity contribution >= 4 is 29.0 Å². The summed E-state index contributed by atoms with van der Waals surface area (Å²) < 4.78 is 0. The summed E-state index contributed by atoms with van der Waals surface area (Å²) in [4.78, 5) is 0. The molecular weight excluding hydrogens is 261 g/mol. The normalized spacial score (nSPS) is 10.6. The fraction of sp³-hybridized carbons (Fsp3) is 0.0588.